The van der Waals surface area contributed by atoms with E-state index >= 15 is 0 Å². The smallest absolute Gasteiger partial charge is 0.146 e. The summed E-state index contributed by atoms with van der Waals surface area (Å²) >= 11 is 0. The minimum atomic E-state index is 0. The normalized spacial score (nSPS) is 15.3. The lowest BCUT2D eigenvalue weighted by molar-refractivity contribution is 0.226. The van der Waals surface area contributed by atoms with Gasteiger partial charge in [-0.2, -0.15) is 0 Å². The first-order chi connectivity index (χ1) is 12.5. The summed E-state index contributed by atoms with van der Waals surface area (Å²) in [6.45, 7) is 10.2. The van der Waals surface area contributed by atoms with Crippen LogP contribution in [0.25, 0.3) is 0 Å². The highest BCUT2D eigenvalue weighted by atomic mass is 35.5. The molecular formula is C21H31ClN4O. The second kappa shape index (κ2) is 10.8. The van der Waals surface area contributed by atoms with E-state index in [1.807, 2.05) is 12.1 Å². The first-order valence-electron chi connectivity index (χ1n) is 9.32. The number of allylic oxidation sites excluding steroid dienone is 2. The number of halogens is 1. The summed E-state index contributed by atoms with van der Waals surface area (Å²) in [6.07, 6.45) is 5.37. The van der Waals surface area contributed by atoms with Crippen LogP contribution in [0.1, 0.15) is 40.5 Å². The van der Waals surface area contributed by atoms with Crippen LogP contribution < -0.4 is 10.6 Å². The molecule has 0 heterocycles. The fraction of sp³-hybridized carbons (Fsp3) is 0.429. The second-order valence-electron chi connectivity index (χ2n) is 6.62. The van der Waals surface area contributed by atoms with Crippen molar-refractivity contribution in [3.8, 4) is 0 Å². The standard InChI is InChI=1S/C21H30N4O.ClH/c1-5-7-12-26-21-14-20(18(22)13-19(21)23)24-16-8-10-17(11-9-16)25(6-2)15(3)4;/h8-11,13-15,23H,5-7,12,22H2,1-4H3;1H/b23-19?,24-20+;. The largest absolute Gasteiger partial charge is 0.491 e. The van der Waals surface area contributed by atoms with E-state index < -0.39 is 0 Å². The highest BCUT2D eigenvalue weighted by Crippen LogP contribution is 2.23. The Hall–Kier alpha value is -2.27. The highest BCUT2D eigenvalue weighted by molar-refractivity contribution is 6.22. The zero-order chi connectivity index (χ0) is 19.1. The molecular weight excluding hydrogens is 360 g/mol. The Labute approximate surface area is 168 Å². The van der Waals surface area contributed by atoms with Crippen molar-refractivity contribution in [1.29, 1.82) is 5.41 Å². The Morgan fingerprint density at radius 2 is 1.81 bits per heavy atom. The molecule has 27 heavy (non-hydrogen) atoms. The fourth-order valence-corrected chi connectivity index (χ4v) is 2.83. The molecule has 2 rings (SSSR count). The molecule has 1 aliphatic rings. The van der Waals surface area contributed by atoms with Crippen LogP contribution in [0.4, 0.5) is 11.4 Å². The van der Waals surface area contributed by atoms with Crippen LogP contribution in [0.15, 0.2) is 52.9 Å². The first kappa shape index (κ1) is 22.8. The van der Waals surface area contributed by atoms with Gasteiger partial charge in [0.05, 0.1) is 29.4 Å². The number of nitrogens with zero attached hydrogens (tertiary/aromatic N) is 2. The molecule has 0 fully saturated rings. The molecule has 5 nitrogen and oxygen atoms in total. The number of unbranched alkanes of at least 4 members (excludes halogenated alkanes) is 1. The molecule has 0 aliphatic heterocycles. The SMILES string of the molecule is CCCCOC1=C/C(=N\c2ccc(N(CC)C(C)C)cc2)C(N)=CC1=N.Cl. The summed E-state index contributed by atoms with van der Waals surface area (Å²) in [7, 11) is 0. The van der Waals surface area contributed by atoms with Crippen LogP contribution in [0, 0.1) is 5.41 Å². The molecule has 1 aromatic rings. The maximum Gasteiger partial charge on any atom is 0.146 e. The molecule has 0 saturated carbocycles. The van der Waals surface area contributed by atoms with Crippen molar-refractivity contribution in [2.45, 2.75) is 46.6 Å². The number of benzene rings is 1. The topological polar surface area (TPSA) is 74.7 Å². The molecule has 3 N–H and O–H groups in total. The summed E-state index contributed by atoms with van der Waals surface area (Å²) in [6, 6.07) is 8.59. The number of nitrogens with two attached hydrogens (primary N) is 1. The summed E-state index contributed by atoms with van der Waals surface area (Å²) in [5.41, 5.74) is 9.48. The van der Waals surface area contributed by atoms with Gasteiger partial charge in [-0.15, -0.1) is 12.4 Å². The van der Waals surface area contributed by atoms with Gasteiger partial charge in [-0.05, 0) is 57.5 Å². The molecule has 0 bridgehead atoms. The molecule has 1 aliphatic carbocycles. The molecule has 148 valence electrons. The summed E-state index contributed by atoms with van der Waals surface area (Å²) in [5.74, 6) is 0.528. The van der Waals surface area contributed by atoms with Gasteiger partial charge in [0.15, 0.2) is 0 Å². The van der Waals surface area contributed by atoms with Crippen LogP contribution in [-0.2, 0) is 4.74 Å². The second-order valence-corrected chi connectivity index (χ2v) is 6.62. The van der Waals surface area contributed by atoms with Gasteiger partial charge in [-0.3, -0.25) is 5.41 Å². The molecule has 0 aromatic heterocycles. The highest BCUT2D eigenvalue weighted by Gasteiger charge is 2.16. The van der Waals surface area contributed by atoms with Gasteiger partial charge in [0, 0.05) is 24.4 Å². The third kappa shape index (κ3) is 6.14. The summed E-state index contributed by atoms with van der Waals surface area (Å²) in [5, 5.41) is 8.01. The first-order valence-corrected chi connectivity index (χ1v) is 9.32. The third-order valence-electron chi connectivity index (χ3n) is 4.28. The fourth-order valence-electron chi connectivity index (χ4n) is 2.83. The van der Waals surface area contributed by atoms with Crippen LogP contribution in [-0.4, -0.2) is 30.6 Å². The minimum Gasteiger partial charge on any atom is -0.491 e. The number of hydrogen-bond acceptors (Lipinski definition) is 5. The maximum absolute atomic E-state index is 8.01. The molecule has 1 aromatic carbocycles. The van der Waals surface area contributed by atoms with Crippen molar-refractivity contribution in [2.24, 2.45) is 10.7 Å². The molecule has 0 radical (unpaired) electrons. The lowest BCUT2D eigenvalue weighted by Crippen LogP contribution is -2.30. The van der Waals surface area contributed by atoms with Crippen LogP contribution in [0.5, 0.6) is 0 Å². The van der Waals surface area contributed by atoms with E-state index in [-0.39, 0.29) is 12.4 Å². The van der Waals surface area contributed by atoms with E-state index in [1.165, 1.54) is 5.69 Å². The van der Waals surface area contributed by atoms with Crippen LogP contribution in [0.3, 0.4) is 0 Å². The lowest BCUT2D eigenvalue weighted by atomic mass is 10.1. The molecule has 6 heteroatoms. The number of nitrogens with one attached hydrogen (secondary N) is 1. The van der Waals surface area contributed by atoms with Gasteiger partial charge in [-0.1, -0.05) is 13.3 Å². The van der Waals surface area contributed by atoms with Crippen LogP contribution >= 0.6 is 12.4 Å². The Morgan fingerprint density at radius 3 is 2.37 bits per heavy atom. The molecule has 0 saturated heterocycles. The number of rotatable bonds is 8. The van der Waals surface area contributed by atoms with Gasteiger partial charge < -0.3 is 15.4 Å². The zero-order valence-electron chi connectivity index (χ0n) is 16.7. The number of anilines is 1. The number of ether oxygens (including phenoxy) is 1. The Morgan fingerprint density at radius 1 is 1.15 bits per heavy atom. The van der Waals surface area contributed by atoms with E-state index in [0.29, 0.717) is 35.5 Å². The van der Waals surface area contributed by atoms with Gasteiger partial charge in [-0.25, -0.2) is 4.99 Å². The van der Waals surface area contributed by atoms with Crippen molar-refractivity contribution >= 4 is 35.2 Å². The predicted octanol–water partition coefficient (Wildman–Crippen LogP) is 4.99. The van der Waals surface area contributed by atoms with Crippen molar-refractivity contribution < 1.29 is 4.74 Å². The van der Waals surface area contributed by atoms with E-state index in [4.69, 9.17) is 15.9 Å². The Bertz CT molecular complexity index is 720. The Balaban J connectivity index is 0.00000364. The van der Waals surface area contributed by atoms with E-state index in [0.717, 1.165) is 25.1 Å². The Kier molecular flexibility index (Phi) is 9.09. The third-order valence-corrected chi connectivity index (χ3v) is 4.28. The average molecular weight is 391 g/mol. The van der Waals surface area contributed by atoms with Crippen molar-refractivity contribution in [3.05, 3.63) is 47.9 Å². The van der Waals surface area contributed by atoms with Crippen molar-refractivity contribution in [3.63, 3.8) is 0 Å². The summed E-state index contributed by atoms with van der Waals surface area (Å²) < 4.78 is 5.69. The molecule has 0 unspecified atom stereocenters. The van der Waals surface area contributed by atoms with E-state index in [2.05, 4.69) is 49.7 Å². The molecule has 0 spiro atoms. The van der Waals surface area contributed by atoms with E-state index in [1.54, 1.807) is 12.2 Å². The lowest BCUT2D eigenvalue weighted by Gasteiger charge is -2.27. The minimum absolute atomic E-state index is 0. The quantitative estimate of drug-likeness (QED) is 0.484. The number of aliphatic imine (C=N–C) groups is 1. The van der Waals surface area contributed by atoms with Gasteiger partial charge in [0.1, 0.15) is 5.76 Å². The molecule has 0 atom stereocenters. The predicted molar refractivity (Wildman–Crippen MR) is 118 cm³/mol. The average Bonchev–Trinajstić information content (AvgIpc) is 2.60. The number of hydrogen-bond donors (Lipinski definition) is 2. The maximum atomic E-state index is 8.01. The van der Waals surface area contributed by atoms with Gasteiger partial charge in [0.2, 0.25) is 0 Å². The molecule has 0 amide bonds. The van der Waals surface area contributed by atoms with E-state index in [9.17, 15) is 0 Å². The van der Waals surface area contributed by atoms with Gasteiger partial charge >= 0.3 is 0 Å². The van der Waals surface area contributed by atoms with Crippen LogP contribution in [0.2, 0.25) is 0 Å². The summed E-state index contributed by atoms with van der Waals surface area (Å²) in [4.78, 5) is 6.96. The van der Waals surface area contributed by atoms with Crippen molar-refractivity contribution in [2.75, 3.05) is 18.1 Å². The van der Waals surface area contributed by atoms with Gasteiger partial charge in [0.25, 0.3) is 0 Å². The van der Waals surface area contributed by atoms with Crippen molar-refractivity contribution in [1.82, 2.24) is 0 Å². The monoisotopic (exact) mass is 390 g/mol. The zero-order valence-corrected chi connectivity index (χ0v) is 17.5.